The van der Waals surface area contributed by atoms with Gasteiger partial charge in [0.25, 0.3) is 5.91 Å². The molecule has 4 bridgehead atoms. The third-order valence-electron chi connectivity index (χ3n) is 7.52. The molecule has 6 rings (SSSR count). The molecule has 2 heterocycles. The van der Waals surface area contributed by atoms with E-state index in [0.717, 1.165) is 64.0 Å². The highest BCUT2D eigenvalue weighted by atomic mass is 16.6. The van der Waals surface area contributed by atoms with Crippen LogP contribution in [-0.2, 0) is 4.74 Å². The SMILES string of the molecule is Cc1cccc(C(=O)NC23CC4CC2CC(OC(=O)N2CCN(C)CC2)(C4)C3)n1. The smallest absolute Gasteiger partial charge is 0.410 e. The molecule has 4 aliphatic carbocycles. The molecule has 5 fully saturated rings. The first-order chi connectivity index (χ1) is 13.9. The Bertz CT molecular complexity index is 837. The van der Waals surface area contributed by atoms with Crippen molar-refractivity contribution in [2.75, 3.05) is 33.2 Å². The summed E-state index contributed by atoms with van der Waals surface area (Å²) in [6.07, 6.45) is 4.46. The van der Waals surface area contributed by atoms with Crippen molar-refractivity contribution in [3.05, 3.63) is 29.6 Å². The minimum atomic E-state index is -0.417. The topological polar surface area (TPSA) is 74.8 Å². The summed E-state index contributed by atoms with van der Waals surface area (Å²) in [6, 6.07) is 5.53. The van der Waals surface area contributed by atoms with Crippen molar-refractivity contribution in [2.45, 2.75) is 50.2 Å². The predicted molar refractivity (Wildman–Crippen MR) is 108 cm³/mol. The Morgan fingerprint density at radius 2 is 1.97 bits per heavy atom. The number of ether oxygens (including phenoxy) is 1. The first-order valence-electron chi connectivity index (χ1n) is 10.8. The third-order valence-corrected chi connectivity index (χ3v) is 7.52. The number of rotatable bonds is 3. The lowest BCUT2D eigenvalue weighted by molar-refractivity contribution is -0.0493. The van der Waals surface area contributed by atoms with Gasteiger partial charge in [-0.1, -0.05) is 6.07 Å². The highest BCUT2D eigenvalue weighted by molar-refractivity contribution is 5.93. The molecule has 5 aliphatic rings. The van der Waals surface area contributed by atoms with Crippen LogP contribution in [-0.4, -0.2) is 71.2 Å². The number of likely N-dealkylation sites (N-methyl/N-ethyl adjacent to an activating group) is 1. The van der Waals surface area contributed by atoms with Gasteiger partial charge < -0.3 is 19.9 Å². The normalized spacial score (nSPS) is 35.7. The molecule has 4 saturated carbocycles. The van der Waals surface area contributed by atoms with E-state index in [1.807, 2.05) is 24.0 Å². The Hall–Kier alpha value is -2.15. The van der Waals surface area contributed by atoms with Crippen molar-refractivity contribution in [2.24, 2.45) is 11.8 Å². The van der Waals surface area contributed by atoms with Gasteiger partial charge >= 0.3 is 6.09 Å². The molecule has 1 aliphatic heterocycles. The second-order valence-corrected chi connectivity index (χ2v) is 9.70. The Morgan fingerprint density at radius 3 is 2.72 bits per heavy atom. The number of pyridine rings is 1. The molecule has 4 atom stereocenters. The number of piperazine rings is 1. The van der Waals surface area contributed by atoms with Gasteiger partial charge in [-0.2, -0.15) is 0 Å². The first kappa shape index (κ1) is 18.9. The van der Waals surface area contributed by atoms with E-state index in [-0.39, 0.29) is 17.5 Å². The van der Waals surface area contributed by atoms with Gasteiger partial charge in [0.1, 0.15) is 11.3 Å². The fourth-order valence-electron chi connectivity index (χ4n) is 6.34. The Morgan fingerprint density at radius 1 is 1.17 bits per heavy atom. The molecular weight excluding hydrogens is 368 g/mol. The van der Waals surface area contributed by atoms with Crippen LogP contribution in [0.25, 0.3) is 0 Å². The van der Waals surface area contributed by atoms with Crippen LogP contribution in [0.3, 0.4) is 0 Å². The average Bonchev–Trinajstić information content (AvgIpc) is 3.03. The summed E-state index contributed by atoms with van der Waals surface area (Å²) < 4.78 is 6.18. The zero-order valence-corrected chi connectivity index (χ0v) is 17.3. The molecule has 1 N–H and O–H groups in total. The zero-order valence-electron chi connectivity index (χ0n) is 17.3. The lowest BCUT2D eigenvalue weighted by Gasteiger charge is -2.42. The molecule has 156 valence electrons. The molecule has 1 aromatic rings. The zero-order chi connectivity index (χ0) is 20.2. The highest BCUT2D eigenvalue weighted by Crippen LogP contribution is 2.63. The van der Waals surface area contributed by atoms with Crippen molar-refractivity contribution < 1.29 is 14.3 Å². The Kier molecular flexibility index (Phi) is 4.35. The van der Waals surface area contributed by atoms with Crippen molar-refractivity contribution in [3.8, 4) is 0 Å². The number of hydrogen-bond acceptors (Lipinski definition) is 5. The van der Waals surface area contributed by atoms with Gasteiger partial charge in [-0.15, -0.1) is 0 Å². The lowest BCUT2D eigenvalue weighted by atomic mass is 9.77. The maximum absolute atomic E-state index is 12.9. The van der Waals surface area contributed by atoms with Crippen LogP contribution in [0.1, 0.15) is 48.3 Å². The van der Waals surface area contributed by atoms with E-state index in [1.165, 1.54) is 0 Å². The van der Waals surface area contributed by atoms with Gasteiger partial charge in [-0.3, -0.25) is 4.79 Å². The monoisotopic (exact) mass is 398 g/mol. The van der Waals surface area contributed by atoms with E-state index < -0.39 is 5.60 Å². The number of nitrogens with one attached hydrogen (secondary N) is 1. The lowest BCUT2D eigenvalue weighted by Crippen LogP contribution is -2.53. The molecule has 7 nitrogen and oxygen atoms in total. The third kappa shape index (κ3) is 3.29. The molecule has 7 heteroatoms. The number of aromatic nitrogens is 1. The average molecular weight is 399 g/mol. The highest BCUT2D eigenvalue weighted by Gasteiger charge is 2.66. The largest absolute Gasteiger partial charge is 0.443 e. The fourth-order valence-corrected chi connectivity index (χ4v) is 6.34. The minimum Gasteiger partial charge on any atom is -0.443 e. The maximum Gasteiger partial charge on any atom is 0.410 e. The summed E-state index contributed by atoms with van der Waals surface area (Å²) in [5, 5.41) is 3.33. The minimum absolute atomic E-state index is 0.109. The van der Waals surface area contributed by atoms with E-state index in [1.54, 1.807) is 6.07 Å². The second kappa shape index (κ2) is 6.69. The number of carbonyl (C=O) groups is 2. The molecule has 1 aromatic heterocycles. The summed E-state index contributed by atoms with van der Waals surface area (Å²) in [4.78, 5) is 34.2. The van der Waals surface area contributed by atoms with Crippen molar-refractivity contribution in [1.29, 1.82) is 0 Å². The fraction of sp³-hybridized carbons (Fsp3) is 0.682. The van der Waals surface area contributed by atoms with Crippen LogP contribution in [0.2, 0.25) is 0 Å². The van der Waals surface area contributed by atoms with Crippen LogP contribution in [0.15, 0.2) is 18.2 Å². The molecule has 0 aromatic carbocycles. The van der Waals surface area contributed by atoms with E-state index in [0.29, 0.717) is 17.5 Å². The number of aryl methyl sites for hydroxylation is 1. The molecule has 1 saturated heterocycles. The number of nitrogens with zero attached hydrogens (tertiary/aromatic N) is 3. The van der Waals surface area contributed by atoms with Gasteiger partial charge in [0.2, 0.25) is 0 Å². The van der Waals surface area contributed by atoms with Gasteiger partial charge in [-0.25, -0.2) is 9.78 Å². The molecular formula is C22H30N4O3. The van der Waals surface area contributed by atoms with Gasteiger partial charge in [0.05, 0.1) is 0 Å². The molecule has 0 radical (unpaired) electrons. The van der Waals surface area contributed by atoms with Gasteiger partial charge in [0.15, 0.2) is 0 Å². The van der Waals surface area contributed by atoms with E-state index in [9.17, 15) is 9.59 Å². The quantitative estimate of drug-likeness (QED) is 0.845. The van der Waals surface area contributed by atoms with Crippen LogP contribution in [0, 0.1) is 18.8 Å². The van der Waals surface area contributed by atoms with Gasteiger partial charge in [-0.05, 0) is 63.6 Å². The summed E-state index contributed by atoms with van der Waals surface area (Å²) in [5.41, 5.74) is 0.631. The Labute approximate surface area is 171 Å². The second-order valence-electron chi connectivity index (χ2n) is 9.70. The summed E-state index contributed by atoms with van der Waals surface area (Å²) in [6.45, 7) is 5.11. The van der Waals surface area contributed by atoms with Crippen molar-refractivity contribution >= 4 is 12.0 Å². The molecule has 2 amide bonds. The summed E-state index contributed by atoms with van der Waals surface area (Å²) in [7, 11) is 2.08. The maximum atomic E-state index is 12.9. The summed E-state index contributed by atoms with van der Waals surface area (Å²) >= 11 is 0. The first-order valence-corrected chi connectivity index (χ1v) is 10.8. The van der Waals surface area contributed by atoms with E-state index in [4.69, 9.17) is 4.74 Å². The van der Waals surface area contributed by atoms with Crippen LogP contribution in [0.4, 0.5) is 4.79 Å². The van der Waals surface area contributed by atoms with E-state index >= 15 is 0 Å². The van der Waals surface area contributed by atoms with Crippen molar-refractivity contribution in [1.82, 2.24) is 20.1 Å². The van der Waals surface area contributed by atoms with E-state index in [2.05, 4.69) is 22.2 Å². The van der Waals surface area contributed by atoms with Crippen molar-refractivity contribution in [3.63, 3.8) is 0 Å². The Balaban J connectivity index is 1.30. The van der Waals surface area contributed by atoms with Crippen LogP contribution < -0.4 is 5.32 Å². The molecule has 29 heavy (non-hydrogen) atoms. The van der Waals surface area contributed by atoms with Crippen LogP contribution >= 0.6 is 0 Å². The molecule has 4 unspecified atom stereocenters. The standard InChI is InChI=1S/C22H30N4O3/c1-15-4-3-5-18(23-15)19(27)24-22-12-16-10-17(22)13-21(11-16,14-22)29-20(28)26-8-6-25(2)7-9-26/h3-5,16-17H,6-14H2,1-2H3,(H,24,27). The summed E-state index contributed by atoms with van der Waals surface area (Å²) in [5.74, 6) is 0.798. The number of amides is 2. The van der Waals surface area contributed by atoms with Gasteiger partial charge in [0, 0.05) is 43.8 Å². The number of carbonyl (C=O) groups excluding carboxylic acids is 2. The van der Waals surface area contributed by atoms with Crippen LogP contribution in [0.5, 0.6) is 0 Å². The molecule has 0 spiro atoms. The number of hydrogen-bond donors (Lipinski definition) is 1. The predicted octanol–water partition coefficient (Wildman–Crippen LogP) is 2.21.